The van der Waals surface area contributed by atoms with Crippen molar-refractivity contribution in [2.24, 2.45) is 0 Å². The normalized spacial score (nSPS) is 18.1. The van der Waals surface area contributed by atoms with Crippen molar-refractivity contribution in [3.63, 3.8) is 0 Å². The molecule has 4 aromatic carbocycles. The fourth-order valence-corrected chi connectivity index (χ4v) is 100. The Labute approximate surface area is 247 Å². The molecule has 2 aliphatic rings. The molecule has 2 atom stereocenters. The molecule has 0 N–H and O–H groups in total. The molecule has 0 saturated carbocycles. The van der Waals surface area contributed by atoms with Crippen LogP contribution in [0.1, 0.15) is 80.2 Å². The van der Waals surface area contributed by atoms with E-state index in [-0.39, 0.29) is 0 Å². The predicted molar refractivity (Wildman–Crippen MR) is 175 cm³/mol. The molecule has 0 nitrogen and oxygen atoms in total. The summed E-state index contributed by atoms with van der Waals surface area (Å²) in [5.41, 5.74) is 15.7. The van der Waals surface area contributed by atoms with Gasteiger partial charge in [-0.3, -0.25) is 0 Å². The Kier molecular flexibility index (Phi) is 7.88. The van der Waals surface area contributed by atoms with Crippen LogP contribution in [0.15, 0.2) is 84.9 Å². The maximum absolute atomic E-state index is 3.78. The Morgan fingerprint density at radius 2 is 0.950 bits per heavy atom. The summed E-state index contributed by atoms with van der Waals surface area (Å²) in [6.45, 7) is 9.47. The first-order valence-electron chi connectivity index (χ1n) is 15.9. The number of rotatable bonds is 9. The molecule has 207 valence electrons. The first kappa shape index (κ1) is 28.7. The molecule has 2 heteroatoms. The summed E-state index contributed by atoms with van der Waals surface area (Å²) in [5.74, 6) is 0. The molecule has 0 aromatic heterocycles. The Morgan fingerprint density at radius 1 is 0.550 bits per heavy atom. The molecule has 0 saturated heterocycles. The molecule has 2 unspecified atom stereocenters. The van der Waals surface area contributed by atoms with Crippen LogP contribution in [0.25, 0.3) is 22.3 Å². The molecule has 40 heavy (non-hydrogen) atoms. The molecule has 0 radical (unpaired) electrons. The van der Waals surface area contributed by atoms with Gasteiger partial charge in [-0.15, -0.1) is 0 Å². The zero-order valence-corrected chi connectivity index (χ0v) is 31.3. The van der Waals surface area contributed by atoms with Gasteiger partial charge in [-0.2, -0.15) is 0 Å². The molecule has 0 heterocycles. The van der Waals surface area contributed by atoms with Crippen LogP contribution in [0, 0.1) is 13.8 Å². The average Bonchev–Trinajstić information content (AvgIpc) is 3.46. The van der Waals surface area contributed by atoms with Gasteiger partial charge in [0.25, 0.3) is 0 Å². The van der Waals surface area contributed by atoms with E-state index in [1.165, 1.54) is 59.1 Å². The third-order valence-corrected chi connectivity index (χ3v) is 100. The molecular formula is C38H47SnZr. The summed E-state index contributed by atoms with van der Waals surface area (Å²) < 4.78 is 10.4. The molecular weight excluding hydrogens is 666 g/mol. The monoisotopic (exact) mass is 713 g/mol. The van der Waals surface area contributed by atoms with Crippen LogP contribution >= 0.6 is 0 Å². The molecule has 0 aliphatic heterocycles. The van der Waals surface area contributed by atoms with E-state index >= 15 is 0 Å². The van der Waals surface area contributed by atoms with Gasteiger partial charge in [-0.1, -0.05) is 0 Å². The average molecular weight is 714 g/mol. The molecule has 6 rings (SSSR count). The van der Waals surface area contributed by atoms with Crippen molar-refractivity contribution in [2.75, 3.05) is 0 Å². The molecule has 0 spiro atoms. The number of benzene rings is 4. The van der Waals surface area contributed by atoms with Crippen LogP contribution in [-0.4, -0.2) is 15.2 Å². The van der Waals surface area contributed by atoms with E-state index in [1.807, 2.05) is 0 Å². The number of hydrogen-bond acceptors (Lipinski definition) is 0. The summed E-state index contributed by atoms with van der Waals surface area (Å²) in [5, 5.41) is 0. The predicted octanol–water partition coefficient (Wildman–Crippen LogP) is 11.3. The van der Waals surface area contributed by atoms with E-state index in [0.29, 0.717) is 7.25 Å². The van der Waals surface area contributed by atoms with Crippen LogP contribution in [-0.2, 0) is 14.6 Å². The standard InChI is InChI=1S/2C14H11.2C4H9.2CH3.Sn.Zr.H/c2*1-10-6-7-14-12(8-10)9-11-4-2-3-5-13(11)14;2*1-3-4-2;;;;;/h2*2-9H,1H3;2*1,3-4H2,2H3;2*1H3;;;. The van der Waals surface area contributed by atoms with E-state index < -0.39 is 29.8 Å². The summed E-state index contributed by atoms with van der Waals surface area (Å²) >= 11 is -5.96. The third kappa shape index (κ3) is 4.40. The van der Waals surface area contributed by atoms with Gasteiger partial charge in [-0.05, 0) is 0 Å². The Morgan fingerprint density at radius 3 is 1.38 bits per heavy atom. The molecule has 0 fully saturated rings. The quantitative estimate of drug-likeness (QED) is 0.152. The van der Waals surface area contributed by atoms with Crippen LogP contribution in [0.2, 0.25) is 18.1 Å². The van der Waals surface area contributed by atoms with Crippen LogP contribution < -0.4 is 0 Å². The number of fused-ring (bicyclic) bond motifs is 6. The van der Waals surface area contributed by atoms with Crippen LogP contribution in [0.5, 0.6) is 0 Å². The van der Waals surface area contributed by atoms with Crippen molar-refractivity contribution < 1.29 is 14.6 Å². The summed E-state index contributed by atoms with van der Waals surface area (Å²) in [6.07, 6.45) is 5.53. The molecule has 2 aliphatic carbocycles. The Bertz CT molecular complexity index is 1450. The van der Waals surface area contributed by atoms with E-state index in [4.69, 9.17) is 0 Å². The van der Waals surface area contributed by atoms with Crippen molar-refractivity contribution in [1.82, 2.24) is 0 Å². The van der Waals surface area contributed by atoms with Crippen molar-refractivity contribution >= 4 is 15.2 Å². The van der Waals surface area contributed by atoms with Gasteiger partial charge in [0.15, 0.2) is 0 Å². The zero-order valence-electron chi connectivity index (χ0n) is 25.6. The second kappa shape index (κ2) is 11.0. The SMILES string of the molecule is CCC[CH2][SnH]([CH2]CCC)[Zr]([CH3])([CH3])([CH]1c2ccccc2-c2ccc(C)cc21)[CH]1c2ccccc2-c2ccc(C)cc21. The van der Waals surface area contributed by atoms with Crippen LogP contribution in [0.4, 0.5) is 0 Å². The summed E-state index contributed by atoms with van der Waals surface area (Å²) in [6, 6.07) is 34.0. The van der Waals surface area contributed by atoms with Gasteiger partial charge in [0.05, 0.1) is 0 Å². The fourth-order valence-electron chi connectivity index (χ4n) is 9.21. The van der Waals surface area contributed by atoms with E-state index in [2.05, 4.69) is 122 Å². The zero-order chi connectivity index (χ0) is 28.1. The van der Waals surface area contributed by atoms with Crippen molar-refractivity contribution in [3.8, 4) is 22.3 Å². The number of aryl methyl sites for hydroxylation is 2. The maximum atomic E-state index is 3.02. The first-order chi connectivity index (χ1) is 19.3. The molecule has 4 aromatic rings. The van der Waals surface area contributed by atoms with Gasteiger partial charge in [0.1, 0.15) is 0 Å². The molecule has 0 amide bonds. The topological polar surface area (TPSA) is 0 Å². The third-order valence-electron chi connectivity index (χ3n) is 11.1. The second-order valence-corrected chi connectivity index (χ2v) is 81.7. The summed E-state index contributed by atoms with van der Waals surface area (Å²) in [7, 11) is 0. The van der Waals surface area contributed by atoms with Crippen molar-refractivity contribution in [2.45, 2.75) is 78.8 Å². The second-order valence-electron chi connectivity index (χ2n) is 13.9. The van der Waals surface area contributed by atoms with Gasteiger partial charge in [0.2, 0.25) is 0 Å². The van der Waals surface area contributed by atoms with Crippen molar-refractivity contribution in [3.05, 3.63) is 118 Å². The van der Waals surface area contributed by atoms with E-state index in [0.717, 1.165) is 0 Å². The van der Waals surface area contributed by atoms with Gasteiger partial charge < -0.3 is 0 Å². The van der Waals surface area contributed by atoms with Crippen LogP contribution in [0.3, 0.4) is 0 Å². The minimum atomic E-state index is -3.78. The molecule has 0 bridgehead atoms. The van der Waals surface area contributed by atoms with Crippen molar-refractivity contribution in [1.29, 1.82) is 0 Å². The Hall–Kier alpha value is -1.44. The number of hydrogen-bond donors (Lipinski definition) is 0. The summed E-state index contributed by atoms with van der Waals surface area (Å²) in [4.78, 5) is 0. The van der Waals surface area contributed by atoms with Gasteiger partial charge >= 0.3 is 249 Å². The fraction of sp³-hybridized carbons (Fsp3) is 0.368. The van der Waals surface area contributed by atoms with Gasteiger partial charge in [-0.25, -0.2) is 0 Å². The Balaban J connectivity index is 1.72. The van der Waals surface area contributed by atoms with E-state index in [1.54, 1.807) is 31.1 Å². The van der Waals surface area contributed by atoms with Gasteiger partial charge in [0, 0.05) is 0 Å². The minimum absolute atomic E-state index is 0.617. The number of unbranched alkanes of at least 4 members (excludes halogenated alkanes) is 2. The van der Waals surface area contributed by atoms with E-state index in [9.17, 15) is 0 Å². The first-order valence-corrected chi connectivity index (χ1v) is 39.5.